The van der Waals surface area contributed by atoms with Gasteiger partial charge in [0.15, 0.2) is 0 Å². The Morgan fingerprint density at radius 3 is 2.44 bits per heavy atom. The zero-order valence-corrected chi connectivity index (χ0v) is 11.3. The van der Waals surface area contributed by atoms with E-state index in [1.807, 2.05) is 12.1 Å². The summed E-state index contributed by atoms with van der Waals surface area (Å²) in [4.78, 5) is 0. The summed E-state index contributed by atoms with van der Waals surface area (Å²) in [6, 6.07) is 4.08. The fraction of sp³-hybridized carbons (Fsp3) is 0.500. The minimum absolute atomic E-state index is 0.887. The molecule has 0 saturated heterocycles. The van der Waals surface area contributed by atoms with Crippen LogP contribution in [-0.4, -0.2) is 21.7 Å². The number of unbranched alkanes of at least 4 members (excludes halogenated alkanes) is 2. The van der Waals surface area contributed by atoms with Gasteiger partial charge in [-0.3, -0.25) is 0 Å². The molecule has 2 nitrogen and oxygen atoms in total. The maximum absolute atomic E-state index is 4.19. The summed E-state index contributed by atoms with van der Waals surface area (Å²) in [7, 11) is 0. The van der Waals surface area contributed by atoms with Crippen LogP contribution in [0.15, 0.2) is 34.8 Å². The summed E-state index contributed by atoms with van der Waals surface area (Å²) < 4.78 is 0. The van der Waals surface area contributed by atoms with Crippen LogP contribution in [0.5, 0.6) is 0 Å². The second kappa shape index (κ2) is 8.65. The number of nitrogens with zero attached hydrogens (tertiary/aromatic N) is 2. The highest BCUT2D eigenvalue weighted by molar-refractivity contribution is 7.99. The number of thioether (sulfide) groups is 2. The van der Waals surface area contributed by atoms with Gasteiger partial charge in [0.2, 0.25) is 0 Å². The molecule has 0 unspecified atom stereocenters. The van der Waals surface area contributed by atoms with E-state index < -0.39 is 0 Å². The normalized spacial score (nSPS) is 10.3. The van der Waals surface area contributed by atoms with E-state index in [1.54, 1.807) is 23.5 Å². The molecule has 1 rings (SSSR count). The third-order valence-corrected chi connectivity index (χ3v) is 3.88. The molecule has 88 valence electrons. The van der Waals surface area contributed by atoms with E-state index in [0.29, 0.717) is 0 Å². The van der Waals surface area contributed by atoms with Crippen molar-refractivity contribution in [3.63, 3.8) is 0 Å². The lowest BCUT2D eigenvalue weighted by Gasteiger charge is -2.00. The molecule has 0 aliphatic carbocycles. The van der Waals surface area contributed by atoms with Crippen LogP contribution in [0.25, 0.3) is 0 Å². The standard InChI is InChI=1S/C12H18N2S2/c1-3-5-6-10-16-12-8-7-11(13-14-12)15-9-4-2/h4,7-8H,2-3,5-6,9-10H2,1H3. The predicted molar refractivity (Wildman–Crippen MR) is 73.2 cm³/mol. The Morgan fingerprint density at radius 1 is 1.19 bits per heavy atom. The van der Waals surface area contributed by atoms with E-state index in [0.717, 1.165) is 21.6 Å². The summed E-state index contributed by atoms with van der Waals surface area (Å²) >= 11 is 3.45. The summed E-state index contributed by atoms with van der Waals surface area (Å²) in [6.45, 7) is 5.90. The van der Waals surface area contributed by atoms with E-state index in [-0.39, 0.29) is 0 Å². The van der Waals surface area contributed by atoms with Crippen molar-refractivity contribution in [1.29, 1.82) is 0 Å². The molecular weight excluding hydrogens is 236 g/mol. The SMILES string of the molecule is C=CCSc1ccc(SCCCCC)nn1. The van der Waals surface area contributed by atoms with Crippen LogP contribution >= 0.6 is 23.5 Å². The van der Waals surface area contributed by atoms with Crippen LogP contribution in [0.4, 0.5) is 0 Å². The first-order valence-corrected chi connectivity index (χ1v) is 7.54. The fourth-order valence-corrected chi connectivity index (χ4v) is 2.51. The molecule has 0 radical (unpaired) electrons. The van der Waals surface area contributed by atoms with Gasteiger partial charge in [-0.1, -0.05) is 25.8 Å². The molecule has 0 atom stereocenters. The molecular formula is C12H18N2S2. The molecule has 0 saturated carbocycles. The maximum atomic E-state index is 4.19. The van der Waals surface area contributed by atoms with E-state index >= 15 is 0 Å². The Balaban J connectivity index is 2.30. The van der Waals surface area contributed by atoms with Crippen molar-refractivity contribution in [3.8, 4) is 0 Å². The summed E-state index contributed by atoms with van der Waals surface area (Å²) in [5.74, 6) is 2.03. The second-order valence-electron chi connectivity index (χ2n) is 3.37. The molecule has 0 N–H and O–H groups in total. The molecule has 0 amide bonds. The first kappa shape index (κ1) is 13.6. The fourth-order valence-electron chi connectivity index (χ4n) is 1.13. The molecule has 0 fully saturated rings. The largest absolute Gasteiger partial charge is 0.143 e. The molecule has 4 heteroatoms. The van der Waals surface area contributed by atoms with Gasteiger partial charge in [0.05, 0.1) is 0 Å². The van der Waals surface area contributed by atoms with Crippen LogP contribution in [0.3, 0.4) is 0 Å². The number of hydrogen-bond donors (Lipinski definition) is 0. The van der Waals surface area contributed by atoms with Gasteiger partial charge < -0.3 is 0 Å². The monoisotopic (exact) mass is 254 g/mol. The van der Waals surface area contributed by atoms with Gasteiger partial charge in [0.25, 0.3) is 0 Å². The van der Waals surface area contributed by atoms with Gasteiger partial charge in [-0.15, -0.1) is 40.3 Å². The van der Waals surface area contributed by atoms with Crippen LogP contribution < -0.4 is 0 Å². The molecule has 1 heterocycles. The Morgan fingerprint density at radius 2 is 1.88 bits per heavy atom. The number of aromatic nitrogens is 2. The first-order chi connectivity index (χ1) is 7.86. The highest BCUT2D eigenvalue weighted by Crippen LogP contribution is 2.19. The minimum atomic E-state index is 0.887. The van der Waals surface area contributed by atoms with Crippen LogP contribution in [0.2, 0.25) is 0 Å². The number of rotatable bonds is 8. The highest BCUT2D eigenvalue weighted by Gasteiger charge is 1.98. The Kier molecular flexibility index (Phi) is 7.34. The van der Waals surface area contributed by atoms with Gasteiger partial charge in [0, 0.05) is 5.75 Å². The van der Waals surface area contributed by atoms with Crippen molar-refractivity contribution >= 4 is 23.5 Å². The lowest BCUT2D eigenvalue weighted by Crippen LogP contribution is -1.89. The van der Waals surface area contributed by atoms with Gasteiger partial charge >= 0.3 is 0 Å². The Labute approximate surface area is 106 Å². The minimum Gasteiger partial charge on any atom is -0.143 e. The highest BCUT2D eigenvalue weighted by atomic mass is 32.2. The van der Waals surface area contributed by atoms with Crippen LogP contribution in [0.1, 0.15) is 26.2 Å². The average molecular weight is 254 g/mol. The third kappa shape index (κ3) is 5.56. The van der Waals surface area contributed by atoms with Crippen molar-refractivity contribution in [2.75, 3.05) is 11.5 Å². The summed E-state index contributed by atoms with van der Waals surface area (Å²) in [6.07, 6.45) is 5.70. The predicted octanol–water partition coefficient (Wildman–Crippen LogP) is 4.04. The van der Waals surface area contributed by atoms with Crippen LogP contribution in [-0.2, 0) is 0 Å². The van der Waals surface area contributed by atoms with Crippen LogP contribution in [0, 0.1) is 0 Å². The maximum Gasteiger partial charge on any atom is 0.119 e. The molecule has 1 aromatic heterocycles. The Hall–Kier alpha value is -0.480. The van der Waals surface area contributed by atoms with Crippen molar-refractivity contribution in [3.05, 3.63) is 24.8 Å². The molecule has 1 aromatic rings. The lowest BCUT2D eigenvalue weighted by atomic mass is 10.3. The van der Waals surface area contributed by atoms with Gasteiger partial charge in [-0.25, -0.2) is 0 Å². The third-order valence-electron chi connectivity index (χ3n) is 1.96. The molecule has 16 heavy (non-hydrogen) atoms. The van der Waals surface area contributed by atoms with E-state index in [4.69, 9.17) is 0 Å². The van der Waals surface area contributed by atoms with Crippen molar-refractivity contribution in [1.82, 2.24) is 10.2 Å². The molecule has 0 bridgehead atoms. The summed E-state index contributed by atoms with van der Waals surface area (Å²) in [5.41, 5.74) is 0. The van der Waals surface area contributed by atoms with Crippen molar-refractivity contribution in [2.45, 2.75) is 36.2 Å². The van der Waals surface area contributed by atoms with Crippen molar-refractivity contribution < 1.29 is 0 Å². The van der Waals surface area contributed by atoms with Crippen molar-refractivity contribution in [2.24, 2.45) is 0 Å². The van der Waals surface area contributed by atoms with E-state index in [1.165, 1.54) is 19.3 Å². The van der Waals surface area contributed by atoms with Gasteiger partial charge in [0.1, 0.15) is 10.1 Å². The zero-order chi connectivity index (χ0) is 11.6. The lowest BCUT2D eigenvalue weighted by molar-refractivity contribution is 0.776. The molecule has 0 spiro atoms. The quantitative estimate of drug-likeness (QED) is 0.397. The molecule has 0 aromatic carbocycles. The van der Waals surface area contributed by atoms with Gasteiger partial charge in [-0.2, -0.15) is 0 Å². The first-order valence-electron chi connectivity index (χ1n) is 5.57. The second-order valence-corrected chi connectivity index (χ2v) is 5.52. The molecule has 0 aliphatic rings. The zero-order valence-electron chi connectivity index (χ0n) is 9.69. The smallest absolute Gasteiger partial charge is 0.119 e. The molecule has 0 aliphatic heterocycles. The van der Waals surface area contributed by atoms with E-state index in [9.17, 15) is 0 Å². The van der Waals surface area contributed by atoms with E-state index in [2.05, 4.69) is 29.8 Å². The topological polar surface area (TPSA) is 25.8 Å². The number of hydrogen-bond acceptors (Lipinski definition) is 4. The van der Waals surface area contributed by atoms with Gasteiger partial charge in [-0.05, 0) is 24.3 Å². The summed E-state index contributed by atoms with van der Waals surface area (Å²) in [5, 5.41) is 10.3. The average Bonchev–Trinajstić information content (AvgIpc) is 2.33. The Bertz CT molecular complexity index is 298.